The predicted molar refractivity (Wildman–Crippen MR) is 353 cm³/mol. The lowest BCUT2D eigenvalue weighted by Gasteiger charge is -2.35. The first-order chi connectivity index (χ1) is 45.4. The monoisotopic (exact) mass is 1420 g/mol. The third kappa shape index (κ3) is 23.4. The summed E-state index contributed by atoms with van der Waals surface area (Å²) >= 11 is 16.9. The number of halogens is 7. The van der Waals surface area contributed by atoms with Gasteiger partial charge in [0.2, 0.25) is 21.5 Å². The number of hydrogen-bond acceptors (Lipinski definition) is 18. The van der Waals surface area contributed by atoms with Gasteiger partial charge < -0.3 is 39.6 Å². The average Bonchev–Trinajstić information content (AvgIpc) is 1.21. The first kappa shape index (κ1) is 78.6. The molecular weight excluding hydrogens is 1340 g/mol. The summed E-state index contributed by atoms with van der Waals surface area (Å²) in [5.74, 6) is -7.28. The van der Waals surface area contributed by atoms with Gasteiger partial charge in [-0.3, -0.25) is 53.2 Å². The maximum absolute atomic E-state index is 13.6. The number of ether oxygens (including phenoxy) is 5. The van der Waals surface area contributed by atoms with Crippen LogP contribution in [0.3, 0.4) is 0 Å². The highest BCUT2D eigenvalue weighted by Gasteiger charge is 2.40. The number of nitrogens with one attached hydrogen (secondary N) is 5. The number of alkyl halides is 7. The second kappa shape index (κ2) is 34.9. The number of Topliss-reactive ketones (excluding diaryl/α,β-unsaturated/α-hetero) is 1. The predicted octanol–water partition coefficient (Wildman–Crippen LogP) is 9.52. The van der Waals surface area contributed by atoms with Crippen LogP contribution in [0, 0.1) is 28.6 Å². The van der Waals surface area contributed by atoms with Crippen LogP contribution in [0.2, 0.25) is 0 Å². The Labute approximate surface area is 575 Å². The van der Waals surface area contributed by atoms with E-state index >= 15 is 0 Å². The lowest BCUT2D eigenvalue weighted by atomic mass is 9.79. The van der Waals surface area contributed by atoms with E-state index in [0.29, 0.717) is 41.7 Å². The van der Waals surface area contributed by atoms with Crippen molar-refractivity contribution in [2.75, 3.05) is 32.9 Å². The third-order valence-electron chi connectivity index (χ3n) is 16.3. The molecule has 23 nitrogen and oxygen atoms in total. The number of hydrazine groups is 2. The van der Waals surface area contributed by atoms with E-state index in [4.69, 9.17) is 54.0 Å². The first-order valence-electron chi connectivity index (χ1n) is 31.6. The highest BCUT2D eigenvalue weighted by Crippen LogP contribution is 2.31. The fraction of sp³-hybridized carbons (Fsp3) is 0.537. The Morgan fingerprint density at radius 1 is 0.835 bits per heavy atom. The summed E-state index contributed by atoms with van der Waals surface area (Å²) in [6.07, 6.45) is 6.97. The van der Waals surface area contributed by atoms with Crippen LogP contribution in [0.15, 0.2) is 72.8 Å². The Balaban J connectivity index is 0.000000311. The minimum atomic E-state index is -3.25. The van der Waals surface area contributed by atoms with E-state index in [9.17, 15) is 60.7 Å². The Hall–Kier alpha value is -7.40. The standard InChI is InChI=1S/C35H44Cl3F2N5O8.C32H40F2N4O6/c1-19(2)28(29(47)42-27(17-51-33(39)40)30(48)45-15-7-8-25(44-45)31(49)52-18-35(36,37)38)43-32(50)34(5,6)14-13-22-9-10-23-11-12-24(41-26(23)16-22)20(3)53-21(4)46;1-18(2)22-16-27(39)32(4,5)13-12-20-8-9-21-10-11-23(35-25(21)15-20)19(3)44-30(42)24-7-6-14-38(37-24)29(41)26(36-28(22)40)17-43-31(33)34/h9-14,16,19-20,25,27-28,33,44H,7-8,15,17-18H2,1-6H3,(H,42,47)(H,43,50);8-13,15,18-19,22,24,26,31,37H,6-7,14,16-17H2,1-5H3,(H,36,40)/b14-13+;13-12+/t20?,25-,27-,28-;19-,22+,24+,26+/m01/s1. The topological polar surface area (TPSA) is 292 Å². The van der Waals surface area contributed by atoms with Gasteiger partial charge in [-0.1, -0.05) is 123 Å². The first-order valence-corrected chi connectivity index (χ1v) is 32.8. The lowest BCUT2D eigenvalue weighted by Crippen LogP contribution is -2.62. The molecule has 3 aliphatic rings. The molecule has 2 fully saturated rings. The molecule has 4 aromatic rings. The molecule has 7 rings (SSSR count). The van der Waals surface area contributed by atoms with Crippen molar-refractivity contribution < 1.29 is 84.4 Å². The number of ketones is 1. The van der Waals surface area contributed by atoms with Crippen LogP contribution in [0.5, 0.6) is 0 Å². The van der Waals surface area contributed by atoms with Crippen molar-refractivity contribution in [1.29, 1.82) is 0 Å². The average molecular weight is 1420 g/mol. The molecule has 5 heterocycles. The van der Waals surface area contributed by atoms with Crippen LogP contribution in [0.25, 0.3) is 34.0 Å². The fourth-order valence-electron chi connectivity index (χ4n) is 10.4. The molecule has 3 aliphatic heterocycles. The molecule has 97 heavy (non-hydrogen) atoms. The SMILES string of the molecule is CC(=O)OC(C)c1ccc2ccc(/C=C/C(C)(C)C(=O)N[C@H](C(=O)N[C@@H](COC(F)F)C(=O)N3CCC[C@@H](C(=O)OCC(Cl)(Cl)Cl)N3)C(C)C)cc2n1.CC(C)[C@@H]1CC(=O)C(C)(C)/C=C/c2ccc3ccc(nc3c2)[C@@H](C)OC(=O)[C@@H]2CCCN(N2)C(=O)[C@H](COC(F)F)NC1=O. The Kier molecular flexibility index (Phi) is 28.3. The van der Waals surface area contributed by atoms with Crippen LogP contribution in [0.4, 0.5) is 17.6 Å². The van der Waals surface area contributed by atoms with E-state index in [1.165, 1.54) is 6.92 Å². The number of fused-ring (bicyclic) bond motifs is 5. The quantitative estimate of drug-likeness (QED) is 0.0253. The second-order valence-corrected chi connectivity index (χ2v) is 28.2. The molecule has 0 spiro atoms. The van der Waals surface area contributed by atoms with E-state index < -0.39 is 149 Å². The van der Waals surface area contributed by atoms with E-state index in [-0.39, 0.29) is 37.6 Å². The van der Waals surface area contributed by atoms with E-state index in [1.807, 2.05) is 54.6 Å². The normalized spacial score (nSPS) is 21.2. The van der Waals surface area contributed by atoms with Gasteiger partial charge >= 0.3 is 31.1 Å². The molecule has 8 atom stereocenters. The van der Waals surface area contributed by atoms with Gasteiger partial charge in [-0.2, -0.15) is 17.6 Å². The number of amides is 5. The van der Waals surface area contributed by atoms with Crippen LogP contribution in [-0.2, 0) is 66.8 Å². The molecule has 5 N–H and O–H groups in total. The number of rotatable bonds is 19. The number of aromatic nitrogens is 2. The number of carbonyl (C=O) groups excluding carboxylic acids is 9. The van der Waals surface area contributed by atoms with Gasteiger partial charge in [0.25, 0.3) is 11.8 Å². The van der Waals surface area contributed by atoms with Gasteiger partial charge in [0.05, 0.1) is 41.1 Å². The summed E-state index contributed by atoms with van der Waals surface area (Å²) in [6, 6.07) is 12.3. The Morgan fingerprint density at radius 2 is 1.48 bits per heavy atom. The maximum atomic E-state index is 13.6. The van der Waals surface area contributed by atoms with Crippen molar-refractivity contribution in [2.45, 2.75) is 168 Å². The summed E-state index contributed by atoms with van der Waals surface area (Å²) < 4.78 is 75.1. The number of cyclic esters (lactones) is 1. The van der Waals surface area contributed by atoms with Crippen LogP contribution < -0.4 is 26.8 Å². The van der Waals surface area contributed by atoms with Crippen molar-refractivity contribution >= 4 is 122 Å². The number of pyridine rings is 2. The van der Waals surface area contributed by atoms with Crippen LogP contribution in [-0.4, -0.2) is 153 Å². The molecule has 2 saturated heterocycles. The van der Waals surface area contributed by atoms with Gasteiger partial charge in [-0.05, 0) is 114 Å². The molecule has 0 radical (unpaired) electrons. The Bertz CT molecular complexity index is 3560. The fourth-order valence-corrected chi connectivity index (χ4v) is 10.6. The minimum Gasteiger partial charge on any atom is -0.460 e. The lowest BCUT2D eigenvalue weighted by molar-refractivity contribution is -0.162. The summed E-state index contributed by atoms with van der Waals surface area (Å²) in [4.78, 5) is 127. The van der Waals surface area contributed by atoms with E-state index in [0.717, 1.165) is 31.9 Å². The smallest absolute Gasteiger partial charge is 0.345 e. The molecule has 1 unspecified atom stereocenters. The third-order valence-corrected chi connectivity index (χ3v) is 16.6. The second-order valence-electron chi connectivity index (χ2n) is 25.7. The van der Waals surface area contributed by atoms with Crippen LogP contribution >= 0.6 is 34.8 Å². The summed E-state index contributed by atoms with van der Waals surface area (Å²) in [7, 11) is 0. The largest absolute Gasteiger partial charge is 0.460 e. The highest BCUT2D eigenvalue weighted by molar-refractivity contribution is 6.67. The molecule has 2 aromatic carbocycles. The maximum Gasteiger partial charge on any atom is 0.345 e. The molecule has 30 heteroatoms. The molecule has 5 bridgehead atoms. The number of hydrogen-bond donors (Lipinski definition) is 5. The zero-order valence-electron chi connectivity index (χ0n) is 55.7. The van der Waals surface area contributed by atoms with Crippen molar-refractivity contribution in [3.05, 3.63) is 95.3 Å². The van der Waals surface area contributed by atoms with Crippen molar-refractivity contribution in [1.82, 2.24) is 46.8 Å². The number of benzene rings is 2. The molecule has 2 aromatic heterocycles. The zero-order chi connectivity index (χ0) is 71.9. The summed E-state index contributed by atoms with van der Waals surface area (Å²) in [5.41, 5.74) is 7.40. The summed E-state index contributed by atoms with van der Waals surface area (Å²) in [5, 5.41) is 11.6. The number of allylic oxidation sites excluding steroid dienone is 1. The summed E-state index contributed by atoms with van der Waals surface area (Å²) in [6.45, 7) is 9.98. The van der Waals surface area contributed by atoms with Crippen LogP contribution in [0.1, 0.15) is 143 Å². The van der Waals surface area contributed by atoms with Gasteiger partial charge in [0.1, 0.15) is 54.8 Å². The van der Waals surface area contributed by atoms with Gasteiger partial charge in [-0.25, -0.2) is 20.8 Å². The molecule has 0 saturated carbocycles. The van der Waals surface area contributed by atoms with E-state index in [2.05, 4.69) is 41.3 Å². The molecule has 5 amide bonds. The van der Waals surface area contributed by atoms with Gasteiger partial charge in [0, 0.05) is 48.5 Å². The Morgan fingerprint density at radius 3 is 2.13 bits per heavy atom. The van der Waals surface area contributed by atoms with Crippen molar-refractivity contribution in [3.8, 4) is 0 Å². The number of carbonyl (C=O) groups is 9. The molecule has 530 valence electrons. The highest BCUT2D eigenvalue weighted by atomic mass is 35.6. The molecular formula is C67H84Cl3F4N9O14. The minimum absolute atomic E-state index is 0.0703. The van der Waals surface area contributed by atoms with Gasteiger partial charge in [0.15, 0.2) is 0 Å². The van der Waals surface area contributed by atoms with E-state index in [1.54, 1.807) is 99.6 Å². The zero-order valence-corrected chi connectivity index (χ0v) is 58.0. The number of nitrogens with zero attached hydrogens (tertiary/aromatic N) is 4. The molecule has 0 aliphatic carbocycles. The van der Waals surface area contributed by atoms with Gasteiger partial charge in [-0.15, -0.1) is 0 Å². The number of esters is 3. The van der Waals surface area contributed by atoms with Crippen molar-refractivity contribution in [3.63, 3.8) is 0 Å². The van der Waals surface area contributed by atoms with Crippen molar-refractivity contribution in [2.24, 2.45) is 28.6 Å².